The van der Waals surface area contributed by atoms with E-state index in [4.69, 9.17) is 4.74 Å². The van der Waals surface area contributed by atoms with Crippen molar-refractivity contribution < 1.29 is 13.2 Å². The van der Waals surface area contributed by atoms with Gasteiger partial charge in [-0.15, -0.1) is 0 Å². The number of methoxy groups -OCH3 is 1. The molecule has 140 valence electrons. The molecule has 0 aliphatic heterocycles. The molecule has 1 saturated carbocycles. The van der Waals surface area contributed by atoms with Gasteiger partial charge in [0.05, 0.1) is 12.7 Å². The van der Waals surface area contributed by atoms with Crippen molar-refractivity contribution in [3.8, 4) is 17.0 Å². The first kappa shape index (κ1) is 18.6. The number of anilines is 1. The quantitative estimate of drug-likeness (QED) is 0.857. The smallest absolute Gasteiger partial charge is 0.226 e. The van der Waals surface area contributed by atoms with Crippen LogP contribution >= 0.6 is 0 Å². The second kappa shape index (κ2) is 7.57. The van der Waals surface area contributed by atoms with E-state index in [9.17, 15) is 8.42 Å². The molecule has 0 unspecified atom stereocenters. The van der Waals surface area contributed by atoms with E-state index >= 15 is 0 Å². The van der Waals surface area contributed by atoms with Gasteiger partial charge in [-0.1, -0.05) is 6.92 Å². The molecule has 2 aromatic rings. The number of nitrogens with zero attached hydrogens (tertiary/aromatic N) is 3. The molecule has 1 N–H and O–H groups in total. The standard InChI is InChI=1S/C18H24N4O3S/c1-12-4-7-14(8-5-12)21-18-20-11-15(17(22-18)25-2)13-6-9-16(19-10-13)26(3,23)24/h6,9-12,14H,4-5,7-8H2,1-3H3,(H,20,21,22)/t12-,14-. The highest BCUT2D eigenvalue weighted by Gasteiger charge is 2.20. The Morgan fingerprint density at radius 2 is 1.85 bits per heavy atom. The average Bonchev–Trinajstić information content (AvgIpc) is 2.63. The lowest BCUT2D eigenvalue weighted by molar-refractivity contribution is 0.359. The summed E-state index contributed by atoms with van der Waals surface area (Å²) in [6, 6.07) is 3.54. The van der Waals surface area contributed by atoms with Crippen molar-refractivity contribution in [2.75, 3.05) is 18.7 Å². The van der Waals surface area contributed by atoms with Crippen molar-refractivity contribution in [3.05, 3.63) is 24.5 Å². The third-order valence-corrected chi connectivity index (χ3v) is 5.72. The summed E-state index contributed by atoms with van der Waals surface area (Å²) in [5.41, 5.74) is 1.37. The minimum absolute atomic E-state index is 0.0333. The fourth-order valence-corrected chi connectivity index (χ4v) is 3.69. The van der Waals surface area contributed by atoms with Crippen molar-refractivity contribution in [1.29, 1.82) is 0 Å². The summed E-state index contributed by atoms with van der Waals surface area (Å²) >= 11 is 0. The summed E-state index contributed by atoms with van der Waals surface area (Å²) < 4.78 is 28.5. The summed E-state index contributed by atoms with van der Waals surface area (Å²) in [6.07, 6.45) is 8.96. The molecule has 1 fully saturated rings. The van der Waals surface area contributed by atoms with Gasteiger partial charge in [-0.3, -0.25) is 0 Å². The minimum Gasteiger partial charge on any atom is -0.480 e. The maximum atomic E-state index is 11.5. The lowest BCUT2D eigenvalue weighted by atomic mass is 9.87. The second-order valence-corrected chi connectivity index (χ2v) is 8.84. The van der Waals surface area contributed by atoms with Crippen LogP contribution in [0.15, 0.2) is 29.6 Å². The zero-order valence-electron chi connectivity index (χ0n) is 15.3. The van der Waals surface area contributed by atoms with E-state index in [1.54, 1.807) is 19.4 Å². The molecule has 0 bridgehead atoms. The molecule has 0 aromatic carbocycles. The van der Waals surface area contributed by atoms with Crippen LogP contribution < -0.4 is 10.1 Å². The Morgan fingerprint density at radius 1 is 1.12 bits per heavy atom. The van der Waals surface area contributed by atoms with Crippen molar-refractivity contribution in [1.82, 2.24) is 15.0 Å². The van der Waals surface area contributed by atoms with Gasteiger partial charge in [-0.05, 0) is 43.7 Å². The summed E-state index contributed by atoms with van der Waals surface area (Å²) in [5, 5.41) is 3.42. The Labute approximate surface area is 154 Å². The Balaban J connectivity index is 1.80. The molecule has 2 aromatic heterocycles. The van der Waals surface area contributed by atoms with Gasteiger partial charge in [0.1, 0.15) is 0 Å². The van der Waals surface area contributed by atoms with Crippen molar-refractivity contribution >= 4 is 15.8 Å². The van der Waals surface area contributed by atoms with Gasteiger partial charge in [0.25, 0.3) is 0 Å². The van der Waals surface area contributed by atoms with E-state index in [2.05, 4.69) is 27.2 Å². The fraction of sp³-hybridized carbons (Fsp3) is 0.500. The Kier molecular flexibility index (Phi) is 5.41. The van der Waals surface area contributed by atoms with Gasteiger partial charge in [0, 0.05) is 30.3 Å². The molecule has 1 aliphatic carbocycles. The van der Waals surface area contributed by atoms with Crippen molar-refractivity contribution in [2.45, 2.75) is 43.7 Å². The number of aromatic nitrogens is 3. The molecular weight excluding hydrogens is 352 g/mol. The van der Waals surface area contributed by atoms with Crippen LogP contribution in [0.25, 0.3) is 11.1 Å². The van der Waals surface area contributed by atoms with E-state index < -0.39 is 9.84 Å². The highest BCUT2D eigenvalue weighted by Crippen LogP contribution is 2.30. The van der Waals surface area contributed by atoms with Crippen molar-refractivity contribution in [3.63, 3.8) is 0 Å². The third-order valence-electron chi connectivity index (χ3n) is 4.72. The van der Waals surface area contributed by atoms with Gasteiger partial charge in [-0.25, -0.2) is 18.4 Å². The normalized spacial score (nSPS) is 20.6. The van der Waals surface area contributed by atoms with Crippen LogP contribution in [0.1, 0.15) is 32.6 Å². The summed E-state index contributed by atoms with van der Waals surface area (Å²) in [5.74, 6) is 1.76. The molecule has 8 heteroatoms. The first-order chi connectivity index (χ1) is 12.4. The zero-order chi connectivity index (χ0) is 18.7. The van der Waals surface area contributed by atoms with Crippen LogP contribution in [0.3, 0.4) is 0 Å². The van der Waals surface area contributed by atoms with Gasteiger partial charge >= 0.3 is 0 Å². The molecule has 0 radical (unpaired) electrons. The number of hydrogen-bond acceptors (Lipinski definition) is 7. The maximum absolute atomic E-state index is 11.5. The third kappa shape index (κ3) is 4.30. The van der Waals surface area contributed by atoms with Gasteiger partial charge in [-0.2, -0.15) is 4.98 Å². The first-order valence-corrected chi connectivity index (χ1v) is 10.6. The number of nitrogens with one attached hydrogen (secondary N) is 1. The molecule has 2 heterocycles. The van der Waals surface area contributed by atoms with Gasteiger partial charge in [0.2, 0.25) is 11.8 Å². The lowest BCUT2D eigenvalue weighted by Gasteiger charge is -2.27. The highest BCUT2D eigenvalue weighted by atomic mass is 32.2. The SMILES string of the molecule is COc1nc(N[C@H]2CC[C@H](C)CC2)ncc1-c1ccc(S(C)(=O)=O)nc1. The maximum Gasteiger partial charge on any atom is 0.226 e. The number of ether oxygens (including phenoxy) is 1. The van der Waals surface area contributed by atoms with E-state index in [-0.39, 0.29) is 5.03 Å². The highest BCUT2D eigenvalue weighted by molar-refractivity contribution is 7.90. The summed E-state index contributed by atoms with van der Waals surface area (Å²) in [6.45, 7) is 2.29. The first-order valence-electron chi connectivity index (χ1n) is 8.71. The molecule has 1 aliphatic rings. The van der Waals surface area contributed by atoms with E-state index in [0.717, 1.165) is 25.0 Å². The number of pyridine rings is 1. The van der Waals surface area contributed by atoms with Gasteiger partial charge < -0.3 is 10.1 Å². The Hall–Kier alpha value is -2.22. The molecule has 0 saturated heterocycles. The molecule has 3 rings (SSSR count). The van der Waals surface area contributed by atoms with E-state index in [1.807, 2.05) is 0 Å². The monoisotopic (exact) mass is 376 g/mol. The lowest BCUT2D eigenvalue weighted by Crippen LogP contribution is -2.26. The Morgan fingerprint density at radius 3 is 2.42 bits per heavy atom. The largest absolute Gasteiger partial charge is 0.480 e. The number of sulfone groups is 1. The number of rotatable bonds is 5. The van der Waals surface area contributed by atoms with Gasteiger partial charge in [0.15, 0.2) is 14.9 Å². The summed E-state index contributed by atoms with van der Waals surface area (Å²) in [4.78, 5) is 12.9. The predicted molar refractivity (Wildman–Crippen MR) is 100.0 cm³/mol. The van der Waals surface area contributed by atoms with Crippen LogP contribution in [-0.2, 0) is 9.84 Å². The fourth-order valence-electron chi connectivity index (χ4n) is 3.14. The molecule has 0 atom stereocenters. The zero-order valence-corrected chi connectivity index (χ0v) is 16.1. The molecule has 0 spiro atoms. The van der Waals surface area contributed by atoms with E-state index in [0.29, 0.717) is 29.0 Å². The van der Waals surface area contributed by atoms with Crippen LogP contribution in [0.2, 0.25) is 0 Å². The average molecular weight is 376 g/mol. The van der Waals surface area contributed by atoms with E-state index in [1.165, 1.54) is 25.1 Å². The molecular formula is C18H24N4O3S. The van der Waals surface area contributed by atoms with Crippen LogP contribution in [0.5, 0.6) is 5.88 Å². The van der Waals surface area contributed by atoms with Crippen LogP contribution in [0.4, 0.5) is 5.95 Å². The molecule has 26 heavy (non-hydrogen) atoms. The predicted octanol–water partition coefficient (Wildman–Crippen LogP) is 2.94. The van der Waals surface area contributed by atoms with Crippen LogP contribution in [-0.4, -0.2) is 42.8 Å². The number of hydrogen-bond donors (Lipinski definition) is 1. The second-order valence-electron chi connectivity index (χ2n) is 6.87. The minimum atomic E-state index is -3.33. The molecule has 7 nitrogen and oxygen atoms in total. The topological polar surface area (TPSA) is 94.1 Å². The van der Waals surface area contributed by atoms with Crippen LogP contribution in [0, 0.1) is 5.92 Å². The van der Waals surface area contributed by atoms with Crippen molar-refractivity contribution in [2.24, 2.45) is 5.92 Å². The molecule has 0 amide bonds. The summed E-state index contributed by atoms with van der Waals surface area (Å²) in [7, 11) is -1.78. The Bertz CT molecular complexity index is 861.